The molecule has 80 valence electrons. The van der Waals surface area contributed by atoms with Crippen LogP contribution in [0.15, 0.2) is 18.2 Å². The van der Waals surface area contributed by atoms with Crippen LogP contribution in [0.4, 0.5) is 0 Å². The second-order valence-corrected chi connectivity index (χ2v) is 3.20. The number of benzene rings is 1. The average molecular weight is 215 g/mol. The van der Waals surface area contributed by atoms with Gasteiger partial charge in [0.2, 0.25) is 0 Å². The molecule has 16 heavy (non-hydrogen) atoms. The molecule has 0 saturated carbocycles. The number of carboxylic acid groups (broad SMARTS) is 1. The zero-order valence-electron chi connectivity index (χ0n) is 8.60. The first-order valence-corrected chi connectivity index (χ1v) is 4.49. The summed E-state index contributed by atoms with van der Waals surface area (Å²) in [6, 6.07) is 4.97. The van der Waals surface area contributed by atoms with E-state index in [9.17, 15) is 9.59 Å². The van der Waals surface area contributed by atoms with Crippen molar-refractivity contribution in [3.63, 3.8) is 0 Å². The van der Waals surface area contributed by atoms with Gasteiger partial charge in [-0.15, -0.1) is 0 Å². The van der Waals surface area contributed by atoms with Gasteiger partial charge in [0.1, 0.15) is 0 Å². The second-order valence-electron chi connectivity index (χ2n) is 3.20. The highest BCUT2D eigenvalue weighted by molar-refractivity contribution is 5.87. The number of hydrogen-bond acceptors (Lipinski definition) is 3. The molecular weight excluding hydrogens is 206 g/mol. The molecule has 0 aliphatic rings. The third-order valence-electron chi connectivity index (χ3n) is 2.09. The highest BCUT2D eigenvalue weighted by atomic mass is 16.4. The number of aliphatic carboxylic acids is 1. The SMILES string of the molecule is Cc1cc(C#N)c(C=O)cc1/C=C/C(=O)O. The Kier molecular flexibility index (Phi) is 3.57. The largest absolute Gasteiger partial charge is 0.478 e. The molecule has 1 aromatic rings. The Bertz CT molecular complexity index is 510. The maximum Gasteiger partial charge on any atom is 0.328 e. The summed E-state index contributed by atoms with van der Waals surface area (Å²) >= 11 is 0. The van der Waals surface area contributed by atoms with Crippen LogP contribution >= 0.6 is 0 Å². The fraction of sp³-hybridized carbons (Fsp3) is 0.0833. The Morgan fingerprint density at radius 3 is 2.62 bits per heavy atom. The molecule has 0 unspecified atom stereocenters. The Morgan fingerprint density at radius 1 is 1.44 bits per heavy atom. The fourth-order valence-electron chi connectivity index (χ4n) is 1.28. The van der Waals surface area contributed by atoms with Gasteiger partial charge >= 0.3 is 5.97 Å². The summed E-state index contributed by atoms with van der Waals surface area (Å²) in [6.07, 6.45) is 2.96. The molecule has 1 rings (SSSR count). The van der Waals surface area contributed by atoms with Crippen molar-refractivity contribution in [3.05, 3.63) is 40.5 Å². The van der Waals surface area contributed by atoms with Crippen molar-refractivity contribution in [1.82, 2.24) is 0 Å². The van der Waals surface area contributed by atoms with Gasteiger partial charge in [0.25, 0.3) is 0 Å². The summed E-state index contributed by atoms with van der Waals surface area (Å²) < 4.78 is 0. The summed E-state index contributed by atoms with van der Waals surface area (Å²) in [5, 5.41) is 17.2. The van der Waals surface area contributed by atoms with Gasteiger partial charge in [-0.25, -0.2) is 4.79 Å². The summed E-state index contributed by atoms with van der Waals surface area (Å²) in [6.45, 7) is 1.75. The molecule has 0 aliphatic carbocycles. The molecule has 0 amide bonds. The minimum Gasteiger partial charge on any atom is -0.478 e. The van der Waals surface area contributed by atoms with Crippen molar-refractivity contribution < 1.29 is 14.7 Å². The van der Waals surface area contributed by atoms with Crippen LogP contribution in [0.5, 0.6) is 0 Å². The van der Waals surface area contributed by atoms with Crippen LogP contribution < -0.4 is 0 Å². The van der Waals surface area contributed by atoms with E-state index < -0.39 is 5.97 Å². The number of aryl methyl sites for hydroxylation is 1. The molecule has 1 aromatic carbocycles. The van der Waals surface area contributed by atoms with E-state index in [1.54, 1.807) is 13.0 Å². The van der Waals surface area contributed by atoms with Gasteiger partial charge in [-0.3, -0.25) is 4.79 Å². The maximum atomic E-state index is 10.7. The number of nitriles is 1. The van der Waals surface area contributed by atoms with Crippen LogP contribution in [0, 0.1) is 18.3 Å². The van der Waals surface area contributed by atoms with E-state index in [1.165, 1.54) is 12.1 Å². The molecule has 0 fully saturated rings. The molecule has 4 heteroatoms. The van der Waals surface area contributed by atoms with Crippen molar-refractivity contribution in [2.24, 2.45) is 0 Å². The number of aldehydes is 1. The first kappa shape index (κ1) is 11.7. The molecule has 4 nitrogen and oxygen atoms in total. The van der Waals surface area contributed by atoms with E-state index in [-0.39, 0.29) is 5.56 Å². The predicted molar refractivity (Wildman–Crippen MR) is 58.0 cm³/mol. The van der Waals surface area contributed by atoms with Crippen LogP contribution in [0.25, 0.3) is 6.08 Å². The fourth-order valence-corrected chi connectivity index (χ4v) is 1.28. The van der Waals surface area contributed by atoms with Gasteiger partial charge in [0.05, 0.1) is 11.6 Å². The van der Waals surface area contributed by atoms with Crippen LogP contribution in [0.2, 0.25) is 0 Å². The third kappa shape index (κ3) is 2.55. The number of nitrogens with zero attached hydrogens (tertiary/aromatic N) is 1. The van der Waals surface area contributed by atoms with E-state index >= 15 is 0 Å². The first-order valence-electron chi connectivity index (χ1n) is 4.49. The zero-order valence-corrected chi connectivity index (χ0v) is 8.60. The lowest BCUT2D eigenvalue weighted by Gasteiger charge is -2.03. The zero-order chi connectivity index (χ0) is 12.1. The number of carboxylic acids is 1. The van der Waals surface area contributed by atoms with Gasteiger partial charge in [0.15, 0.2) is 6.29 Å². The normalized spacial score (nSPS) is 10.0. The van der Waals surface area contributed by atoms with Gasteiger partial charge < -0.3 is 5.11 Å². The van der Waals surface area contributed by atoms with Crippen molar-refractivity contribution >= 4 is 18.3 Å². The average Bonchev–Trinajstić information content (AvgIpc) is 2.26. The van der Waals surface area contributed by atoms with Gasteiger partial charge in [0, 0.05) is 11.6 Å². The van der Waals surface area contributed by atoms with Crippen molar-refractivity contribution in [3.8, 4) is 6.07 Å². The minimum atomic E-state index is -1.06. The Morgan fingerprint density at radius 2 is 2.12 bits per heavy atom. The van der Waals surface area contributed by atoms with Crippen molar-refractivity contribution in [2.75, 3.05) is 0 Å². The summed E-state index contributed by atoms with van der Waals surface area (Å²) in [5.41, 5.74) is 1.92. The molecule has 0 spiro atoms. The topological polar surface area (TPSA) is 78.2 Å². The minimum absolute atomic E-state index is 0.262. The third-order valence-corrected chi connectivity index (χ3v) is 2.09. The first-order chi connectivity index (χ1) is 7.58. The standard InChI is InChI=1S/C12H9NO3/c1-8-4-10(6-13)11(7-14)5-9(8)2-3-12(15)16/h2-5,7H,1H3,(H,15,16)/b3-2+. The Balaban J connectivity index is 3.28. The quantitative estimate of drug-likeness (QED) is 0.615. The van der Waals surface area contributed by atoms with Gasteiger partial charge in [-0.05, 0) is 36.3 Å². The van der Waals surface area contributed by atoms with Crippen LogP contribution in [-0.4, -0.2) is 17.4 Å². The van der Waals surface area contributed by atoms with E-state index in [2.05, 4.69) is 0 Å². The van der Waals surface area contributed by atoms with Crippen LogP contribution in [-0.2, 0) is 4.79 Å². The van der Waals surface area contributed by atoms with E-state index in [4.69, 9.17) is 10.4 Å². The number of carbonyl (C=O) groups is 2. The van der Waals surface area contributed by atoms with Crippen LogP contribution in [0.3, 0.4) is 0 Å². The molecular formula is C12H9NO3. The summed E-state index contributed by atoms with van der Waals surface area (Å²) in [7, 11) is 0. The monoisotopic (exact) mass is 215 g/mol. The van der Waals surface area contributed by atoms with Crippen LogP contribution in [0.1, 0.15) is 27.0 Å². The molecule has 0 atom stereocenters. The lowest BCUT2D eigenvalue weighted by Crippen LogP contribution is -1.93. The predicted octanol–water partition coefficient (Wildman–Crippen LogP) is 1.78. The molecule has 0 heterocycles. The Labute approximate surface area is 92.4 Å². The van der Waals surface area contributed by atoms with E-state index in [0.717, 1.165) is 11.6 Å². The molecule has 1 N–H and O–H groups in total. The second kappa shape index (κ2) is 4.89. The lowest BCUT2D eigenvalue weighted by molar-refractivity contribution is -0.131. The smallest absolute Gasteiger partial charge is 0.328 e. The molecule has 0 saturated heterocycles. The highest BCUT2D eigenvalue weighted by Gasteiger charge is 2.04. The van der Waals surface area contributed by atoms with Gasteiger partial charge in [-0.1, -0.05) is 0 Å². The molecule has 0 aromatic heterocycles. The van der Waals surface area contributed by atoms with E-state index in [0.29, 0.717) is 17.4 Å². The van der Waals surface area contributed by atoms with E-state index in [1.807, 2.05) is 6.07 Å². The maximum absolute atomic E-state index is 10.7. The molecule has 0 aliphatic heterocycles. The number of rotatable bonds is 3. The number of carbonyl (C=O) groups excluding carboxylic acids is 1. The van der Waals surface area contributed by atoms with Crippen molar-refractivity contribution in [1.29, 1.82) is 5.26 Å². The molecule has 0 bridgehead atoms. The number of hydrogen-bond donors (Lipinski definition) is 1. The van der Waals surface area contributed by atoms with Gasteiger partial charge in [-0.2, -0.15) is 5.26 Å². The summed E-state index contributed by atoms with van der Waals surface area (Å²) in [4.78, 5) is 21.0. The summed E-state index contributed by atoms with van der Waals surface area (Å²) in [5.74, 6) is -1.06. The Hall–Kier alpha value is -2.41. The molecule has 0 radical (unpaired) electrons. The van der Waals surface area contributed by atoms with Crippen molar-refractivity contribution in [2.45, 2.75) is 6.92 Å². The highest BCUT2D eigenvalue weighted by Crippen LogP contribution is 2.16. The lowest BCUT2D eigenvalue weighted by atomic mass is 10.00.